The summed E-state index contributed by atoms with van der Waals surface area (Å²) in [6.07, 6.45) is 1.23. The quantitative estimate of drug-likeness (QED) is 0.901. The minimum atomic E-state index is -1.22. The van der Waals surface area contributed by atoms with Gasteiger partial charge in [-0.25, -0.2) is 14.2 Å². The van der Waals surface area contributed by atoms with E-state index < -0.39 is 17.7 Å². The Morgan fingerprint density at radius 1 is 1.25 bits per heavy atom. The number of aromatic carboxylic acids is 1. The van der Waals surface area contributed by atoms with Gasteiger partial charge in [-0.15, -0.1) is 0 Å². The highest BCUT2D eigenvalue weighted by Crippen LogP contribution is 2.15. The molecule has 1 heterocycles. The van der Waals surface area contributed by atoms with Gasteiger partial charge in [0, 0.05) is 17.4 Å². The zero-order chi connectivity index (χ0) is 14.7. The largest absolute Gasteiger partial charge is 0.477 e. The van der Waals surface area contributed by atoms with Crippen molar-refractivity contribution in [2.45, 2.75) is 6.92 Å². The number of pyridine rings is 1. The molecule has 102 valence electrons. The molecule has 1 aromatic carbocycles. The van der Waals surface area contributed by atoms with Crippen LogP contribution in [0.2, 0.25) is 0 Å². The van der Waals surface area contributed by atoms with Crippen molar-refractivity contribution in [3.8, 4) is 0 Å². The fraction of sp³-hybridized carbons (Fsp3) is 0.0714. The molecule has 2 rings (SSSR count). The Morgan fingerprint density at radius 3 is 2.65 bits per heavy atom. The van der Waals surface area contributed by atoms with E-state index in [4.69, 9.17) is 5.11 Å². The van der Waals surface area contributed by atoms with E-state index in [0.717, 1.165) is 6.07 Å². The highest BCUT2D eigenvalue weighted by Gasteiger charge is 2.11. The van der Waals surface area contributed by atoms with Crippen LogP contribution in [0.3, 0.4) is 0 Å². The molecule has 0 unspecified atom stereocenters. The zero-order valence-electron chi connectivity index (χ0n) is 10.6. The smallest absolute Gasteiger partial charge is 0.354 e. The minimum absolute atomic E-state index is 0.137. The summed E-state index contributed by atoms with van der Waals surface area (Å²) in [6.45, 7) is 1.61. The van der Waals surface area contributed by atoms with Crippen LogP contribution in [-0.2, 0) is 0 Å². The average molecular weight is 274 g/mol. The first-order valence-corrected chi connectivity index (χ1v) is 5.74. The normalized spacial score (nSPS) is 10.1. The molecule has 0 aliphatic rings. The summed E-state index contributed by atoms with van der Waals surface area (Å²) < 4.78 is 13.4. The van der Waals surface area contributed by atoms with E-state index in [1.807, 2.05) is 0 Å². The van der Waals surface area contributed by atoms with Crippen molar-refractivity contribution in [1.29, 1.82) is 0 Å². The van der Waals surface area contributed by atoms with E-state index >= 15 is 0 Å². The van der Waals surface area contributed by atoms with Gasteiger partial charge < -0.3 is 10.4 Å². The second-order valence-electron chi connectivity index (χ2n) is 4.15. The summed E-state index contributed by atoms with van der Waals surface area (Å²) in [6, 6.07) is 6.84. The van der Waals surface area contributed by atoms with E-state index in [1.165, 1.54) is 18.3 Å². The number of carbonyl (C=O) groups is 2. The van der Waals surface area contributed by atoms with Crippen LogP contribution in [0, 0.1) is 12.7 Å². The third-order valence-electron chi connectivity index (χ3n) is 2.67. The average Bonchev–Trinajstić information content (AvgIpc) is 2.43. The van der Waals surface area contributed by atoms with Crippen LogP contribution in [0.15, 0.2) is 36.5 Å². The molecule has 2 N–H and O–H groups in total. The number of benzene rings is 1. The summed E-state index contributed by atoms with van der Waals surface area (Å²) >= 11 is 0. The topological polar surface area (TPSA) is 79.3 Å². The van der Waals surface area contributed by atoms with Crippen LogP contribution in [0.1, 0.15) is 26.4 Å². The first-order chi connectivity index (χ1) is 9.47. The maximum Gasteiger partial charge on any atom is 0.354 e. The molecular formula is C14H11FN2O3. The van der Waals surface area contributed by atoms with Gasteiger partial charge >= 0.3 is 5.97 Å². The molecule has 0 aliphatic heterocycles. The maximum absolute atomic E-state index is 13.4. The molecule has 0 atom stereocenters. The molecule has 0 aliphatic carbocycles. The van der Waals surface area contributed by atoms with Crippen molar-refractivity contribution in [3.63, 3.8) is 0 Å². The Balaban J connectivity index is 2.21. The van der Waals surface area contributed by atoms with E-state index in [9.17, 15) is 14.0 Å². The van der Waals surface area contributed by atoms with Crippen LogP contribution < -0.4 is 5.32 Å². The van der Waals surface area contributed by atoms with E-state index in [-0.39, 0.29) is 11.3 Å². The van der Waals surface area contributed by atoms with E-state index in [2.05, 4.69) is 10.3 Å². The van der Waals surface area contributed by atoms with Gasteiger partial charge in [-0.2, -0.15) is 0 Å². The third kappa shape index (κ3) is 2.97. The Morgan fingerprint density at radius 2 is 2.00 bits per heavy atom. The number of carboxylic acids is 1. The molecular weight excluding hydrogens is 263 g/mol. The number of hydrogen-bond donors (Lipinski definition) is 2. The molecule has 0 saturated carbocycles. The molecule has 1 amide bonds. The fourth-order valence-electron chi connectivity index (χ4n) is 1.56. The van der Waals surface area contributed by atoms with Crippen molar-refractivity contribution in [2.24, 2.45) is 0 Å². The number of aromatic nitrogens is 1. The number of carbonyl (C=O) groups excluding carboxylic acids is 1. The second-order valence-corrected chi connectivity index (χ2v) is 4.15. The molecule has 0 spiro atoms. The van der Waals surface area contributed by atoms with Gasteiger partial charge in [-0.05, 0) is 36.8 Å². The van der Waals surface area contributed by atoms with Crippen molar-refractivity contribution in [3.05, 3.63) is 59.2 Å². The number of aryl methyl sites for hydroxylation is 1. The number of rotatable bonds is 3. The molecule has 20 heavy (non-hydrogen) atoms. The number of nitrogens with one attached hydrogen (secondary N) is 1. The van der Waals surface area contributed by atoms with Crippen LogP contribution >= 0.6 is 0 Å². The van der Waals surface area contributed by atoms with Crippen molar-refractivity contribution < 1.29 is 19.1 Å². The number of carboxylic acid groups (broad SMARTS) is 1. The van der Waals surface area contributed by atoms with Gasteiger partial charge in [-0.1, -0.05) is 6.07 Å². The lowest BCUT2D eigenvalue weighted by molar-refractivity contribution is 0.0690. The molecule has 1 aromatic heterocycles. The summed E-state index contributed by atoms with van der Waals surface area (Å²) in [4.78, 5) is 26.3. The summed E-state index contributed by atoms with van der Waals surface area (Å²) in [5.41, 5.74) is 0.679. The van der Waals surface area contributed by atoms with Gasteiger partial charge in [0.2, 0.25) is 0 Å². The second kappa shape index (κ2) is 5.48. The van der Waals surface area contributed by atoms with Gasteiger partial charge in [0.15, 0.2) is 0 Å². The minimum Gasteiger partial charge on any atom is -0.477 e. The standard InChI is InChI=1S/C14H11FN2O3/c1-8-2-3-10(7-11(8)15)17-13(18)9-4-5-16-12(6-9)14(19)20/h2-7H,1H3,(H,17,18)(H,19,20). The number of hydrogen-bond acceptors (Lipinski definition) is 3. The lowest BCUT2D eigenvalue weighted by atomic mass is 10.2. The molecule has 2 aromatic rings. The monoisotopic (exact) mass is 274 g/mol. The number of anilines is 1. The number of halogens is 1. The summed E-state index contributed by atoms with van der Waals surface area (Å²) in [7, 11) is 0. The SMILES string of the molecule is Cc1ccc(NC(=O)c2ccnc(C(=O)O)c2)cc1F. The zero-order valence-corrected chi connectivity index (χ0v) is 10.6. The highest BCUT2D eigenvalue weighted by molar-refractivity contribution is 6.05. The van der Waals surface area contributed by atoms with Crippen molar-refractivity contribution in [2.75, 3.05) is 5.32 Å². The molecule has 0 radical (unpaired) electrons. The van der Waals surface area contributed by atoms with Crippen molar-refractivity contribution >= 4 is 17.6 Å². The molecule has 0 fully saturated rings. The molecule has 5 nitrogen and oxygen atoms in total. The predicted octanol–water partition coefficient (Wildman–Crippen LogP) is 2.48. The lowest BCUT2D eigenvalue weighted by Crippen LogP contribution is -2.13. The first kappa shape index (κ1) is 13.7. The van der Waals surface area contributed by atoms with Gasteiger partial charge in [0.05, 0.1) is 0 Å². The summed E-state index contributed by atoms with van der Waals surface area (Å²) in [5, 5.41) is 11.3. The van der Waals surface area contributed by atoms with Crippen LogP contribution in [0.4, 0.5) is 10.1 Å². The fourth-order valence-corrected chi connectivity index (χ4v) is 1.56. The van der Waals surface area contributed by atoms with E-state index in [0.29, 0.717) is 11.3 Å². The van der Waals surface area contributed by atoms with Crippen LogP contribution in [0.25, 0.3) is 0 Å². The van der Waals surface area contributed by atoms with Gasteiger partial charge in [-0.3, -0.25) is 4.79 Å². The highest BCUT2D eigenvalue weighted by atomic mass is 19.1. The van der Waals surface area contributed by atoms with Crippen LogP contribution in [-0.4, -0.2) is 22.0 Å². The molecule has 0 saturated heterocycles. The molecule has 0 bridgehead atoms. The van der Waals surface area contributed by atoms with E-state index in [1.54, 1.807) is 19.1 Å². The molecule has 6 heteroatoms. The Kier molecular flexibility index (Phi) is 3.74. The Labute approximate surface area is 114 Å². The van der Waals surface area contributed by atoms with Crippen molar-refractivity contribution in [1.82, 2.24) is 4.98 Å². The Hall–Kier alpha value is -2.76. The lowest BCUT2D eigenvalue weighted by Gasteiger charge is -2.06. The number of amides is 1. The number of nitrogens with zero attached hydrogens (tertiary/aromatic N) is 1. The maximum atomic E-state index is 13.4. The van der Waals surface area contributed by atoms with Gasteiger partial charge in [0.25, 0.3) is 5.91 Å². The first-order valence-electron chi connectivity index (χ1n) is 5.74. The van der Waals surface area contributed by atoms with Crippen LogP contribution in [0.5, 0.6) is 0 Å². The van der Waals surface area contributed by atoms with Gasteiger partial charge in [0.1, 0.15) is 11.5 Å². The summed E-state index contributed by atoms with van der Waals surface area (Å²) in [5.74, 6) is -2.18. The Bertz CT molecular complexity index is 686. The predicted molar refractivity (Wildman–Crippen MR) is 70.3 cm³/mol. The third-order valence-corrected chi connectivity index (χ3v) is 2.67.